The van der Waals surface area contributed by atoms with Crippen molar-refractivity contribution in [3.8, 4) is 28.7 Å². The Labute approximate surface area is 183 Å². The van der Waals surface area contributed by atoms with Gasteiger partial charge in [0.25, 0.3) is 5.89 Å². The van der Waals surface area contributed by atoms with Crippen LogP contribution in [0.4, 0.5) is 13.2 Å². The second-order valence-electron chi connectivity index (χ2n) is 6.50. The molecule has 0 atom stereocenters. The van der Waals surface area contributed by atoms with Crippen LogP contribution < -0.4 is 4.74 Å². The average molecular weight is 470 g/mol. The third-order valence-electron chi connectivity index (χ3n) is 4.18. The number of hydrogen-bond donors (Lipinski definition) is 0. The molecule has 0 saturated heterocycles. The van der Waals surface area contributed by atoms with E-state index in [4.69, 9.17) is 32.5 Å². The van der Waals surface area contributed by atoms with E-state index in [0.29, 0.717) is 16.9 Å². The molecule has 0 amide bonds. The van der Waals surface area contributed by atoms with Gasteiger partial charge in [-0.05, 0) is 13.0 Å². The Hall–Kier alpha value is -3.11. The molecule has 0 fully saturated rings. The van der Waals surface area contributed by atoms with Gasteiger partial charge in [-0.2, -0.15) is 18.2 Å². The van der Waals surface area contributed by atoms with Crippen molar-refractivity contribution in [2.24, 2.45) is 0 Å². The average Bonchev–Trinajstić information content (AvgIpc) is 3.33. The summed E-state index contributed by atoms with van der Waals surface area (Å²) in [5.74, 6) is 0.234. The third kappa shape index (κ3) is 4.35. The summed E-state index contributed by atoms with van der Waals surface area (Å²) >= 11 is 12.4. The highest BCUT2D eigenvalue weighted by molar-refractivity contribution is 6.36. The first-order valence-electron chi connectivity index (χ1n) is 8.64. The Morgan fingerprint density at radius 1 is 1.19 bits per heavy atom. The minimum absolute atomic E-state index is 0.0232. The topological polar surface area (TPSA) is 78.3 Å². The van der Waals surface area contributed by atoms with Gasteiger partial charge in [-0.3, -0.25) is 4.98 Å². The number of ether oxygens (including phenoxy) is 1. The van der Waals surface area contributed by atoms with Crippen LogP contribution in [0.15, 0.2) is 47.4 Å². The largest absolute Gasteiger partial charge is 0.487 e. The molecule has 0 spiro atoms. The Balaban J connectivity index is 1.59. The lowest BCUT2D eigenvalue weighted by molar-refractivity contribution is -0.0962. The van der Waals surface area contributed by atoms with Gasteiger partial charge < -0.3 is 13.7 Å². The van der Waals surface area contributed by atoms with Crippen molar-refractivity contribution < 1.29 is 22.4 Å². The monoisotopic (exact) mass is 469 g/mol. The first-order valence-corrected chi connectivity index (χ1v) is 9.40. The van der Waals surface area contributed by atoms with Crippen molar-refractivity contribution in [3.05, 3.63) is 58.6 Å². The fourth-order valence-electron chi connectivity index (χ4n) is 2.60. The molecule has 4 rings (SSSR count). The van der Waals surface area contributed by atoms with E-state index in [-0.39, 0.29) is 27.5 Å². The molecule has 4 aromatic rings. The van der Waals surface area contributed by atoms with Gasteiger partial charge in [0, 0.05) is 24.0 Å². The zero-order valence-electron chi connectivity index (χ0n) is 15.7. The molecule has 0 N–H and O–H groups in total. The maximum absolute atomic E-state index is 12.6. The van der Waals surface area contributed by atoms with E-state index in [1.807, 2.05) is 6.92 Å². The summed E-state index contributed by atoms with van der Waals surface area (Å²) < 4.78 is 49.9. The van der Waals surface area contributed by atoms with E-state index in [1.165, 1.54) is 12.1 Å². The molecule has 31 heavy (non-hydrogen) atoms. The number of nitrogens with zero attached hydrogens (tertiary/aromatic N) is 5. The zero-order valence-corrected chi connectivity index (χ0v) is 17.3. The van der Waals surface area contributed by atoms with Gasteiger partial charge in [-0.25, -0.2) is 4.98 Å². The van der Waals surface area contributed by atoms with Gasteiger partial charge in [-0.15, -0.1) is 0 Å². The molecule has 0 aliphatic heterocycles. The summed E-state index contributed by atoms with van der Waals surface area (Å²) in [5.41, 5.74) is 1.10. The number of fused-ring (bicyclic) bond motifs is 1. The molecule has 12 heteroatoms. The quantitative estimate of drug-likeness (QED) is 0.356. The van der Waals surface area contributed by atoms with Crippen LogP contribution >= 0.6 is 23.2 Å². The maximum atomic E-state index is 12.6. The fraction of sp³-hybridized carbons (Fsp3) is 0.158. The van der Waals surface area contributed by atoms with Gasteiger partial charge in [0.1, 0.15) is 18.1 Å². The highest BCUT2D eigenvalue weighted by Gasteiger charge is 2.32. The van der Waals surface area contributed by atoms with E-state index >= 15 is 0 Å². The predicted molar refractivity (Wildman–Crippen MR) is 107 cm³/mol. The highest BCUT2D eigenvalue weighted by atomic mass is 35.5. The molecule has 0 unspecified atom stereocenters. The lowest BCUT2D eigenvalue weighted by Gasteiger charge is -2.13. The smallest absolute Gasteiger partial charge is 0.415 e. The van der Waals surface area contributed by atoms with Crippen molar-refractivity contribution in [2.45, 2.75) is 13.1 Å². The normalized spacial score (nSPS) is 11.8. The van der Waals surface area contributed by atoms with Crippen LogP contribution in [0, 0.1) is 6.92 Å². The van der Waals surface area contributed by atoms with Crippen molar-refractivity contribution in [1.82, 2.24) is 24.5 Å². The maximum Gasteiger partial charge on any atom is 0.415 e. The molecule has 0 bridgehead atoms. The number of aromatic nitrogens is 5. The van der Waals surface area contributed by atoms with Crippen molar-refractivity contribution in [1.29, 1.82) is 0 Å². The van der Waals surface area contributed by atoms with Gasteiger partial charge in [0.2, 0.25) is 5.82 Å². The molecule has 1 aromatic carbocycles. The number of imidazole rings is 1. The molecule has 0 aliphatic rings. The van der Waals surface area contributed by atoms with Gasteiger partial charge in [0.15, 0.2) is 5.65 Å². The van der Waals surface area contributed by atoms with E-state index in [2.05, 4.69) is 26.7 Å². The van der Waals surface area contributed by atoms with Crippen molar-refractivity contribution in [2.75, 3.05) is 6.61 Å². The van der Waals surface area contributed by atoms with Gasteiger partial charge in [-0.1, -0.05) is 34.9 Å². The molecule has 3 aromatic heterocycles. The van der Waals surface area contributed by atoms with E-state index in [1.54, 1.807) is 23.0 Å². The minimum Gasteiger partial charge on any atom is -0.487 e. The van der Waals surface area contributed by atoms with Crippen molar-refractivity contribution in [3.63, 3.8) is 0 Å². The first-order chi connectivity index (χ1) is 14.6. The van der Waals surface area contributed by atoms with E-state index in [0.717, 1.165) is 5.69 Å². The molecule has 0 saturated carbocycles. The summed E-state index contributed by atoms with van der Waals surface area (Å²) in [5, 5.41) is 4.02. The Bertz CT molecular complexity index is 1300. The number of halogens is 5. The zero-order chi connectivity index (χ0) is 22.3. The molecular weight excluding hydrogens is 458 g/mol. The Morgan fingerprint density at radius 2 is 1.97 bits per heavy atom. The Kier molecular flexibility index (Phi) is 5.36. The molecule has 0 aliphatic carbocycles. The lowest BCUT2D eigenvalue weighted by Crippen LogP contribution is -2.17. The summed E-state index contributed by atoms with van der Waals surface area (Å²) in [6, 6.07) is 2.65. The Morgan fingerprint density at radius 3 is 2.71 bits per heavy atom. The number of benzene rings is 1. The summed E-state index contributed by atoms with van der Waals surface area (Å²) in [6.07, 6.45) is 0.551. The fourth-order valence-corrected chi connectivity index (χ4v) is 3.05. The molecule has 3 heterocycles. The molecular formula is C19H12Cl2F3N5O2. The van der Waals surface area contributed by atoms with Crippen LogP contribution in [0.1, 0.15) is 5.69 Å². The van der Waals surface area contributed by atoms with Crippen LogP contribution in [-0.4, -0.2) is 37.3 Å². The second-order valence-corrected chi connectivity index (χ2v) is 7.31. The first kappa shape index (κ1) is 21.1. The summed E-state index contributed by atoms with van der Waals surface area (Å²) in [7, 11) is 0. The molecule has 160 valence electrons. The minimum atomic E-state index is -4.57. The highest BCUT2D eigenvalue weighted by Crippen LogP contribution is 2.37. The molecule has 7 nitrogen and oxygen atoms in total. The number of aryl methyl sites for hydroxylation is 1. The molecule has 0 radical (unpaired) electrons. The van der Waals surface area contributed by atoms with Crippen LogP contribution in [0.3, 0.4) is 0 Å². The van der Waals surface area contributed by atoms with E-state index < -0.39 is 18.4 Å². The van der Waals surface area contributed by atoms with Crippen LogP contribution in [-0.2, 0) is 0 Å². The summed E-state index contributed by atoms with van der Waals surface area (Å²) in [4.78, 5) is 12.8. The van der Waals surface area contributed by atoms with Gasteiger partial charge >= 0.3 is 6.18 Å². The standard InChI is InChI=1S/C19H12Cl2F3N5O2/c1-9(19(22,23)24)8-30-15-4-12(20)11(3-13(15)21)17-27-18(31-28-17)14-7-29-6-10(2)25-5-16(29)26-14/h3-7H,1,8H2,2H3. The number of hydrogen-bond acceptors (Lipinski definition) is 6. The number of rotatable bonds is 5. The third-order valence-corrected chi connectivity index (χ3v) is 4.79. The predicted octanol–water partition coefficient (Wildman–Crippen LogP) is 5.56. The van der Waals surface area contributed by atoms with Crippen LogP contribution in [0.5, 0.6) is 5.75 Å². The second kappa shape index (κ2) is 7.86. The van der Waals surface area contributed by atoms with E-state index in [9.17, 15) is 13.2 Å². The number of alkyl halides is 3. The SMILES string of the molecule is C=C(COc1cc(Cl)c(-c2noc(-c3cn4cc(C)ncc4n3)n2)cc1Cl)C(F)(F)F. The van der Waals surface area contributed by atoms with Gasteiger partial charge in [0.05, 0.1) is 27.5 Å². The van der Waals surface area contributed by atoms with Crippen LogP contribution in [0.25, 0.3) is 28.6 Å². The summed E-state index contributed by atoms with van der Waals surface area (Å²) in [6.45, 7) is 4.01. The van der Waals surface area contributed by atoms with Crippen molar-refractivity contribution >= 4 is 28.8 Å². The van der Waals surface area contributed by atoms with Crippen LogP contribution in [0.2, 0.25) is 10.0 Å². The lowest BCUT2D eigenvalue weighted by atomic mass is 10.2.